The molecule has 0 aromatic carbocycles. The predicted octanol–water partition coefficient (Wildman–Crippen LogP) is 3.49. The molecular weight excluding hydrogens is 305 g/mol. The molecule has 2 rings (SSSR count). The fraction of sp³-hybridized carbons (Fsp3) is 0.692. The first kappa shape index (κ1) is 16.1. The van der Waals surface area contributed by atoms with E-state index in [-0.39, 0.29) is 11.9 Å². The Balaban J connectivity index is 2.03. The topological polar surface area (TPSA) is 51.2 Å². The van der Waals surface area contributed by atoms with Crippen LogP contribution in [0.4, 0.5) is 18.3 Å². The van der Waals surface area contributed by atoms with Crippen molar-refractivity contribution in [2.75, 3.05) is 11.9 Å². The largest absolute Gasteiger partial charge is 0.465 e. The number of nitrogens with one attached hydrogen (secondary N) is 1. The Morgan fingerprint density at radius 1 is 1.57 bits per heavy atom. The van der Waals surface area contributed by atoms with Crippen LogP contribution in [0.3, 0.4) is 0 Å². The van der Waals surface area contributed by atoms with Crippen molar-refractivity contribution < 1.29 is 22.7 Å². The molecule has 0 amide bonds. The van der Waals surface area contributed by atoms with Crippen molar-refractivity contribution in [1.82, 2.24) is 4.98 Å². The van der Waals surface area contributed by atoms with Crippen LogP contribution in [0.1, 0.15) is 43.2 Å². The molecule has 1 aliphatic rings. The molecule has 1 aromatic heterocycles. The fourth-order valence-electron chi connectivity index (χ4n) is 2.37. The van der Waals surface area contributed by atoms with Crippen LogP contribution in [-0.2, 0) is 16.0 Å². The lowest BCUT2D eigenvalue weighted by Gasteiger charge is -2.15. The summed E-state index contributed by atoms with van der Waals surface area (Å²) in [6, 6.07) is -0.752. The molecule has 2 atom stereocenters. The van der Waals surface area contributed by atoms with Crippen molar-refractivity contribution in [3.63, 3.8) is 0 Å². The third kappa shape index (κ3) is 4.09. The number of ether oxygens (including phenoxy) is 1. The van der Waals surface area contributed by atoms with E-state index in [2.05, 4.69) is 10.3 Å². The van der Waals surface area contributed by atoms with Crippen LogP contribution in [0, 0.1) is 0 Å². The van der Waals surface area contributed by atoms with Crippen LogP contribution < -0.4 is 5.32 Å². The molecule has 0 aliphatic heterocycles. The SMILES string of the molecule is CCOC(=O)C1CCc2sc(NC(C)CC(F)(F)F)nc21. The first-order chi connectivity index (χ1) is 9.80. The lowest BCUT2D eigenvalue weighted by molar-refractivity contribution is -0.145. The number of alkyl halides is 3. The molecule has 1 heterocycles. The minimum Gasteiger partial charge on any atom is -0.465 e. The number of thiazole rings is 1. The zero-order valence-electron chi connectivity index (χ0n) is 11.8. The number of rotatable bonds is 5. The Labute approximate surface area is 124 Å². The number of aryl methyl sites for hydroxylation is 1. The van der Waals surface area contributed by atoms with Crippen LogP contribution in [0.2, 0.25) is 0 Å². The molecule has 0 saturated heterocycles. The van der Waals surface area contributed by atoms with Gasteiger partial charge in [0, 0.05) is 10.9 Å². The van der Waals surface area contributed by atoms with Crippen LogP contribution in [-0.4, -0.2) is 29.8 Å². The first-order valence-corrected chi connectivity index (χ1v) is 7.61. The number of carbonyl (C=O) groups is 1. The molecule has 118 valence electrons. The lowest BCUT2D eigenvalue weighted by atomic mass is 10.1. The van der Waals surface area contributed by atoms with E-state index in [1.165, 1.54) is 18.3 Å². The summed E-state index contributed by atoms with van der Waals surface area (Å²) in [5.41, 5.74) is 0.653. The van der Waals surface area contributed by atoms with Crippen LogP contribution in [0.5, 0.6) is 0 Å². The second kappa shape index (κ2) is 6.21. The number of esters is 1. The average Bonchev–Trinajstić information content (AvgIpc) is 2.85. The van der Waals surface area contributed by atoms with E-state index < -0.39 is 18.6 Å². The molecule has 2 unspecified atom stereocenters. The molecule has 0 saturated carbocycles. The van der Waals surface area contributed by atoms with E-state index >= 15 is 0 Å². The van der Waals surface area contributed by atoms with Gasteiger partial charge in [-0.15, -0.1) is 11.3 Å². The second-order valence-electron chi connectivity index (χ2n) is 5.04. The number of anilines is 1. The predicted molar refractivity (Wildman–Crippen MR) is 73.6 cm³/mol. The molecule has 1 aromatic rings. The minimum atomic E-state index is -4.21. The number of aromatic nitrogens is 1. The minimum absolute atomic E-state index is 0.308. The maximum Gasteiger partial charge on any atom is 0.391 e. The molecule has 0 fully saturated rings. The van der Waals surface area contributed by atoms with Crippen molar-refractivity contribution in [2.24, 2.45) is 0 Å². The van der Waals surface area contributed by atoms with Gasteiger partial charge in [-0.2, -0.15) is 13.2 Å². The summed E-state index contributed by atoms with van der Waals surface area (Å²) in [5.74, 6) is -0.693. The van der Waals surface area contributed by atoms with Crippen molar-refractivity contribution in [3.8, 4) is 0 Å². The molecule has 0 spiro atoms. The average molecular weight is 322 g/mol. The molecule has 0 bridgehead atoms. The highest BCUT2D eigenvalue weighted by Crippen LogP contribution is 2.39. The van der Waals surface area contributed by atoms with Gasteiger partial charge < -0.3 is 10.1 Å². The third-order valence-corrected chi connectivity index (χ3v) is 4.26. The smallest absolute Gasteiger partial charge is 0.391 e. The zero-order valence-corrected chi connectivity index (χ0v) is 12.6. The molecule has 4 nitrogen and oxygen atoms in total. The van der Waals surface area contributed by atoms with Gasteiger partial charge in [0.1, 0.15) is 5.92 Å². The van der Waals surface area contributed by atoms with Gasteiger partial charge in [0.05, 0.1) is 18.7 Å². The Hall–Kier alpha value is -1.31. The Morgan fingerprint density at radius 3 is 2.90 bits per heavy atom. The van der Waals surface area contributed by atoms with E-state index in [1.54, 1.807) is 6.92 Å². The van der Waals surface area contributed by atoms with Crippen molar-refractivity contribution in [2.45, 2.75) is 51.2 Å². The van der Waals surface area contributed by atoms with Gasteiger partial charge in [-0.3, -0.25) is 4.79 Å². The molecule has 1 N–H and O–H groups in total. The first-order valence-electron chi connectivity index (χ1n) is 6.79. The number of hydrogen-bond donors (Lipinski definition) is 1. The Morgan fingerprint density at radius 2 is 2.29 bits per heavy atom. The number of carbonyl (C=O) groups excluding carboxylic acids is 1. The number of hydrogen-bond acceptors (Lipinski definition) is 5. The van der Waals surface area contributed by atoms with Crippen molar-refractivity contribution in [1.29, 1.82) is 0 Å². The van der Waals surface area contributed by atoms with Crippen LogP contribution in [0.25, 0.3) is 0 Å². The maximum atomic E-state index is 12.3. The molecule has 0 radical (unpaired) electrons. The number of fused-ring (bicyclic) bond motifs is 1. The summed E-state index contributed by atoms with van der Waals surface area (Å²) in [6.07, 6.45) is -3.75. The van der Waals surface area contributed by atoms with Gasteiger partial charge in [-0.05, 0) is 26.7 Å². The summed E-state index contributed by atoms with van der Waals surface area (Å²) in [7, 11) is 0. The number of nitrogens with zero attached hydrogens (tertiary/aromatic N) is 1. The Kier molecular flexibility index (Phi) is 4.75. The highest BCUT2D eigenvalue weighted by atomic mass is 32.1. The summed E-state index contributed by atoms with van der Waals surface area (Å²) in [4.78, 5) is 17.0. The normalized spacial score (nSPS) is 19.2. The van der Waals surface area contributed by atoms with Crippen molar-refractivity contribution >= 4 is 22.4 Å². The monoisotopic (exact) mass is 322 g/mol. The fourth-order valence-corrected chi connectivity index (χ4v) is 3.52. The Bertz CT molecular complexity index is 516. The number of halogens is 3. The van der Waals surface area contributed by atoms with Gasteiger partial charge in [-0.1, -0.05) is 0 Å². The summed E-state index contributed by atoms with van der Waals surface area (Å²) >= 11 is 1.32. The molecule has 21 heavy (non-hydrogen) atoms. The molecular formula is C13H17F3N2O2S. The van der Waals surface area contributed by atoms with Gasteiger partial charge in [-0.25, -0.2) is 4.98 Å². The van der Waals surface area contributed by atoms with E-state index in [0.29, 0.717) is 30.3 Å². The van der Waals surface area contributed by atoms with Gasteiger partial charge in [0.15, 0.2) is 5.13 Å². The van der Waals surface area contributed by atoms with E-state index in [4.69, 9.17) is 4.74 Å². The van der Waals surface area contributed by atoms with Gasteiger partial charge in [0.25, 0.3) is 0 Å². The molecule has 1 aliphatic carbocycles. The summed E-state index contributed by atoms with van der Waals surface area (Å²) in [5, 5.41) is 3.19. The highest BCUT2D eigenvalue weighted by Gasteiger charge is 2.34. The summed E-state index contributed by atoms with van der Waals surface area (Å²) < 4.78 is 41.9. The third-order valence-electron chi connectivity index (χ3n) is 3.20. The van der Waals surface area contributed by atoms with Gasteiger partial charge >= 0.3 is 12.1 Å². The standard InChI is InChI=1S/C13H17F3N2O2S/c1-3-20-11(19)8-4-5-9-10(8)18-12(21-9)17-7(2)6-13(14,15)16/h7-8H,3-6H2,1-2H3,(H,17,18). The van der Waals surface area contributed by atoms with E-state index in [1.807, 2.05) is 0 Å². The van der Waals surface area contributed by atoms with Crippen LogP contribution in [0.15, 0.2) is 0 Å². The second-order valence-corrected chi connectivity index (χ2v) is 6.12. The van der Waals surface area contributed by atoms with Gasteiger partial charge in [0.2, 0.25) is 0 Å². The lowest BCUT2D eigenvalue weighted by Crippen LogP contribution is -2.23. The summed E-state index contributed by atoms with van der Waals surface area (Å²) in [6.45, 7) is 3.51. The van der Waals surface area contributed by atoms with Crippen LogP contribution >= 0.6 is 11.3 Å². The zero-order chi connectivity index (χ0) is 15.6. The maximum absolute atomic E-state index is 12.3. The van der Waals surface area contributed by atoms with E-state index in [0.717, 1.165) is 4.88 Å². The van der Waals surface area contributed by atoms with E-state index in [9.17, 15) is 18.0 Å². The van der Waals surface area contributed by atoms with Crippen molar-refractivity contribution in [3.05, 3.63) is 10.6 Å². The highest BCUT2D eigenvalue weighted by molar-refractivity contribution is 7.15. The quantitative estimate of drug-likeness (QED) is 0.843. The molecule has 8 heteroatoms.